The number of pyridine rings is 1. The van der Waals surface area contributed by atoms with Gasteiger partial charge in [0.05, 0.1) is 0 Å². The molecule has 0 bridgehead atoms. The Morgan fingerprint density at radius 1 is 1.35 bits per heavy atom. The molecule has 86 valence electrons. The van der Waals surface area contributed by atoms with E-state index in [1.54, 1.807) is 6.20 Å². The molecule has 0 radical (unpaired) electrons. The highest BCUT2D eigenvalue weighted by molar-refractivity contribution is 7.15. The lowest BCUT2D eigenvalue weighted by atomic mass is 10.1. The maximum Gasteiger partial charge on any atom is 0.316 e. The van der Waals surface area contributed by atoms with Crippen LogP contribution in [0.25, 0.3) is 10.7 Å². The first-order valence-corrected chi connectivity index (χ1v) is 6.03. The predicted octanol–water partition coefficient (Wildman–Crippen LogP) is 1.72. The highest BCUT2D eigenvalue weighted by atomic mass is 32.1. The number of aromatic nitrogens is 3. The van der Waals surface area contributed by atoms with Crippen molar-refractivity contribution in [3.63, 3.8) is 0 Å². The Bertz CT molecular complexity index is 563. The first kappa shape index (κ1) is 10.3. The lowest BCUT2D eigenvalue weighted by Gasteiger charge is -2.02. The summed E-state index contributed by atoms with van der Waals surface area (Å²) in [6, 6.07) is 5.53. The molecule has 0 amide bonds. The molecule has 1 saturated carbocycles. The van der Waals surface area contributed by atoms with Gasteiger partial charge >= 0.3 is 5.97 Å². The molecule has 0 aliphatic heterocycles. The molecule has 6 heteroatoms. The Balaban J connectivity index is 1.97. The summed E-state index contributed by atoms with van der Waals surface area (Å²) in [5.41, 5.74) is -0.0394. The van der Waals surface area contributed by atoms with Gasteiger partial charge in [0.15, 0.2) is 5.01 Å². The molecular weight excluding hydrogens is 238 g/mol. The van der Waals surface area contributed by atoms with E-state index in [-0.39, 0.29) is 0 Å². The molecule has 0 unspecified atom stereocenters. The van der Waals surface area contributed by atoms with Crippen molar-refractivity contribution < 1.29 is 9.90 Å². The summed E-state index contributed by atoms with van der Waals surface area (Å²) >= 11 is 1.32. The second-order valence-electron chi connectivity index (χ2n) is 4.01. The number of rotatable bonds is 3. The average Bonchev–Trinajstić information content (AvgIpc) is 3.02. The van der Waals surface area contributed by atoms with Crippen LogP contribution in [0.2, 0.25) is 0 Å². The third kappa shape index (κ3) is 1.61. The highest BCUT2D eigenvalue weighted by Crippen LogP contribution is 2.49. The fourth-order valence-electron chi connectivity index (χ4n) is 1.65. The zero-order valence-corrected chi connectivity index (χ0v) is 9.65. The van der Waals surface area contributed by atoms with E-state index in [0.717, 1.165) is 5.69 Å². The number of aliphatic carboxylic acids is 1. The van der Waals surface area contributed by atoms with Gasteiger partial charge in [-0.05, 0) is 25.0 Å². The summed E-state index contributed by atoms with van der Waals surface area (Å²) in [4.78, 5) is 15.3. The highest BCUT2D eigenvalue weighted by Gasteiger charge is 2.54. The molecule has 1 aliphatic rings. The zero-order valence-electron chi connectivity index (χ0n) is 8.83. The van der Waals surface area contributed by atoms with Crippen LogP contribution in [0.15, 0.2) is 24.4 Å². The van der Waals surface area contributed by atoms with E-state index in [4.69, 9.17) is 5.11 Å². The van der Waals surface area contributed by atoms with Crippen molar-refractivity contribution >= 4 is 17.3 Å². The van der Waals surface area contributed by atoms with Crippen LogP contribution in [-0.4, -0.2) is 26.3 Å². The van der Waals surface area contributed by atoms with E-state index < -0.39 is 11.4 Å². The third-order valence-electron chi connectivity index (χ3n) is 2.88. The Labute approximate surface area is 101 Å². The zero-order chi connectivity index (χ0) is 11.9. The summed E-state index contributed by atoms with van der Waals surface area (Å²) in [5, 5.41) is 18.4. The van der Waals surface area contributed by atoms with Crippen molar-refractivity contribution in [1.82, 2.24) is 15.2 Å². The van der Waals surface area contributed by atoms with Gasteiger partial charge in [0, 0.05) is 6.20 Å². The van der Waals surface area contributed by atoms with Crippen LogP contribution in [0.4, 0.5) is 0 Å². The van der Waals surface area contributed by atoms with Crippen LogP contribution >= 0.6 is 11.3 Å². The number of carbonyl (C=O) groups is 1. The number of nitrogens with zero attached hydrogens (tertiary/aromatic N) is 3. The summed E-state index contributed by atoms with van der Waals surface area (Å²) < 4.78 is 0. The smallest absolute Gasteiger partial charge is 0.316 e. The summed E-state index contributed by atoms with van der Waals surface area (Å²) in [7, 11) is 0. The first-order valence-electron chi connectivity index (χ1n) is 5.21. The maximum absolute atomic E-state index is 11.2. The molecule has 3 rings (SSSR count). The fourth-order valence-corrected chi connectivity index (χ4v) is 2.71. The Morgan fingerprint density at radius 2 is 2.18 bits per heavy atom. The number of carboxylic acids is 1. The maximum atomic E-state index is 11.2. The minimum Gasteiger partial charge on any atom is -0.481 e. The second kappa shape index (κ2) is 3.59. The van der Waals surface area contributed by atoms with Gasteiger partial charge in [0.2, 0.25) is 0 Å². The van der Waals surface area contributed by atoms with Crippen molar-refractivity contribution in [3.8, 4) is 10.7 Å². The van der Waals surface area contributed by atoms with Crippen molar-refractivity contribution in [3.05, 3.63) is 29.4 Å². The molecule has 0 spiro atoms. The van der Waals surface area contributed by atoms with Crippen molar-refractivity contribution in [1.29, 1.82) is 0 Å². The largest absolute Gasteiger partial charge is 0.481 e. The fraction of sp³-hybridized carbons (Fsp3) is 0.273. The monoisotopic (exact) mass is 247 g/mol. The molecule has 1 aliphatic carbocycles. The van der Waals surface area contributed by atoms with Crippen LogP contribution < -0.4 is 0 Å². The van der Waals surface area contributed by atoms with Crippen molar-refractivity contribution in [2.45, 2.75) is 18.3 Å². The molecule has 0 atom stereocenters. The molecule has 1 fully saturated rings. The quantitative estimate of drug-likeness (QED) is 0.893. The standard InChI is InChI=1S/C11H9N3O2S/c15-10(16)11(4-5-11)9-14-13-8(17-9)7-3-1-2-6-12-7/h1-3,6H,4-5H2,(H,15,16). The Hall–Kier alpha value is -1.82. The van der Waals surface area contributed by atoms with Gasteiger partial charge < -0.3 is 5.11 Å². The Kier molecular flexibility index (Phi) is 2.19. The predicted molar refractivity (Wildman–Crippen MR) is 61.7 cm³/mol. The van der Waals surface area contributed by atoms with Gasteiger partial charge in [-0.1, -0.05) is 17.4 Å². The molecule has 2 heterocycles. The van der Waals surface area contributed by atoms with Crippen LogP contribution in [-0.2, 0) is 10.2 Å². The van der Waals surface area contributed by atoms with Crippen molar-refractivity contribution in [2.75, 3.05) is 0 Å². The molecular formula is C11H9N3O2S. The average molecular weight is 247 g/mol. The van der Waals surface area contributed by atoms with Crippen LogP contribution in [0.1, 0.15) is 17.8 Å². The van der Waals surface area contributed by atoms with E-state index >= 15 is 0 Å². The summed E-state index contributed by atoms with van der Waals surface area (Å²) in [6.07, 6.45) is 2.98. The summed E-state index contributed by atoms with van der Waals surface area (Å²) in [6.45, 7) is 0. The first-order chi connectivity index (χ1) is 8.22. The molecule has 0 aromatic carbocycles. The number of hydrogen-bond acceptors (Lipinski definition) is 5. The molecule has 2 aromatic rings. The number of carboxylic acid groups (broad SMARTS) is 1. The topological polar surface area (TPSA) is 76.0 Å². The molecule has 5 nitrogen and oxygen atoms in total. The molecule has 0 saturated heterocycles. The van der Waals surface area contributed by atoms with Crippen LogP contribution in [0.5, 0.6) is 0 Å². The van der Waals surface area contributed by atoms with Crippen molar-refractivity contribution in [2.24, 2.45) is 0 Å². The normalized spacial score (nSPS) is 16.7. The van der Waals surface area contributed by atoms with Crippen LogP contribution in [0.3, 0.4) is 0 Å². The van der Waals surface area contributed by atoms with Gasteiger partial charge in [-0.25, -0.2) is 0 Å². The second-order valence-corrected chi connectivity index (χ2v) is 4.99. The lowest BCUT2D eigenvalue weighted by molar-refractivity contribution is -0.140. The van der Waals surface area contributed by atoms with E-state index in [9.17, 15) is 4.79 Å². The lowest BCUT2D eigenvalue weighted by Crippen LogP contribution is -2.19. The van der Waals surface area contributed by atoms with E-state index in [0.29, 0.717) is 22.9 Å². The molecule has 2 aromatic heterocycles. The number of hydrogen-bond donors (Lipinski definition) is 1. The van der Waals surface area contributed by atoms with Crippen LogP contribution in [0, 0.1) is 0 Å². The van der Waals surface area contributed by atoms with E-state index in [2.05, 4.69) is 15.2 Å². The Morgan fingerprint density at radius 3 is 2.76 bits per heavy atom. The minimum absolute atomic E-state index is 0.589. The summed E-state index contributed by atoms with van der Waals surface area (Å²) in [5.74, 6) is -0.804. The van der Waals surface area contributed by atoms with E-state index in [1.807, 2.05) is 18.2 Å². The van der Waals surface area contributed by atoms with Gasteiger partial charge in [-0.15, -0.1) is 10.2 Å². The molecule has 1 N–H and O–H groups in total. The van der Waals surface area contributed by atoms with E-state index in [1.165, 1.54) is 11.3 Å². The molecule has 17 heavy (non-hydrogen) atoms. The van der Waals surface area contributed by atoms with Gasteiger partial charge in [-0.2, -0.15) is 0 Å². The van der Waals surface area contributed by atoms with Gasteiger partial charge in [-0.3, -0.25) is 9.78 Å². The SMILES string of the molecule is O=C(O)C1(c2nnc(-c3ccccn3)s2)CC1. The third-order valence-corrected chi connectivity index (χ3v) is 4.03. The minimum atomic E-state index is -0.804. The van der Waals surface area contributed by atoms with Gasteiger partial charge in [0.1, 0.15) is 16.1 Å². The van der Waals surface area contributed by atoms with Gasteiger partial charge in [0.25, 0.3) is 0 Å².